The summed E-state index contributed by atoms with van der Waals surface area (Å²) in [4.78, 5) is 29.0. The molecular weight excluding hydrogens is 423 g/mol. The number of amides is 2. The number of nitrogens with zero attached hydrogens (tertiary/aromatic N) is 2. The third-order valence-electron chi connectivity index (χ3n) is 6.27. The van der Waals surface area contributed by atoms with Crippen molar-refractivity contribution in [2.24, 2.45) is 5.92 Å². The van der Waals surface area contributed by atoms with E-state index in [4.69, 9.17) is 21.1 Å². The monoisotopic (exact) mass is 444 g/mol. The van der Waals surface area contributed by atoms with E-state index in [-0.39, 0.29) is 47.5 Å². The maximum atomic E-state index is 14.0. The van der Waals surface area contributed by atoms with Gasteiger partial charge in [-0.05, 0) is 42.2 Å². The van der Waals surface area contributed by atoms with Crippen molar-refractivity contribution in [3.63, 3.8) is 0 Å². The van der Waals surface area contributed by atoms with Crippen LogP contribution in [0.3, 0.4) is 0 Å². The molecule has 0 spiro atoms. The van der Waals surface area contributed by atoms with Crippen LogP contribution in [-0.4, -0.2) is 54.6 Å². The highest BCUT2D eigenvalue weighted by atomic mass is 35.5. The molecule has 31 heavy (non-hydrogen) atoms. The molecule has 2 aliphatic heterocycles. The van der Waals surface area contributed by atoms with Gasteiger partial charge in [-0.3, -0.25) is 9.59 Å². The number of carbonyl (C=O) groups is 2. The fraction of sp³-hybridized carbons (Fsp3) is 0.391. The Morgan fingerprint density at radius 1 is 1.03 bits per heavy atom. The molecule has 2 aromatic rings. The first-order valence-electron chi connectivity index (χ1n) is 10.4. The summed E-state index contributed by atoms with van der Waals surface area (Å²) in [5, 5.41) is 0.255. The van der Waals surface area contributed by atoms with Gasteiger partial charge in [0.15, 0.2) is 11.5 Å². The summed E-state index contributed by atoms with van der Waals surface area (Å²) in [5.74, 6) is 1.13. The normalized spacial score (nSPS) is 21.9. The highest BCUT2D eigenvalue weighted by molar-refractivity contribution is 6.31. The van der Waals surface area contributed by atoms with E-state index in [1.165, 1.54) is 12.1 Å². The van der Waals surface area contributed by atoms with Crippen LogP contribution in [0.2, 0.25) is 5.02 Å². The lowest BCUT2D eigenvalue weighted by atomic mass is 10.1. The topological polar surface area (TPSA) is 59.1 Å². The first kappa shape index (κ1) is 20.1. The fourth-order valence-corrected chi connectivity index (χ4v) is 4.58. The Kier molecular flexibility index (Phi) is 5.22. The van der Waals surface area contributed by atoms with Gasteiger partial charge in [0.2, 0.25) is 18.6 Å². The van der Waals surface area contributed by atoms with Crippen LogP contribution in [0.4, 0.5) is 4.39 Å². The molecule has 5 rings (SSSR count). The molecule has 8 heteroatoms. The van der Waals surface area contributed by atoms with Gasteiger partial charge in [0.25, 0.3) is 0 Å². The summed E-state index contributed by atoms with van der Waals surface area (Å²) in [7, 11) is 0. The fourth-order valence-electron chi connectivity index (χ4n) is 4.36. The third kappa shape index (κ3) is 3.94. The van der Waals surface area contributed by atoms with E-state index in [2.05, 4.69) is 0 Å². The molecule has 0 radical (unpaired) electrons. The van der Waals surface area contributed by atoms with Crippen molar-refractivity contribution in [1.29, 1.82) is 0 Å². The lowest BCUT2D eigenvalue weighted by Crippen LogP contribution is -2.51. The summed E-state index contributed by atoms with van der Waals surface area (Å²) in [6.07, 6.45) is 0.748. The maximum Gasteiger partial charge on any atom is 0.231 e. The molecule has 2 fully saturated rings. The summed E-state index contributed by atoms with van der Waals surface area (Å²) in [6, 6.07) is 10.3. The average molecular weight is 445 g/mol. The minimum Gasteiger partial charge on any atom is -0.454 e. The van der Waals surface area contributed by atoms with Crippen molar-refractivity contribution in [3.05, 3.63) is 58.4 Å². The molecule has 0 aromatic heterocycles. The Morgan fingerprint density at radius 2 is 1.77 bits per heavy atom. The smallest absolute Gasteiger partial charge is 0.231 e. The second kappa shape index (κ2) is 8.04. The number of piperazine rings is 1. The lowest BCUT2D eigenvalue weighted by Gasteiger charge is -2.35. The van der Waals surface area contributed by atoms with Crippen LogP contribution in [0.25, 0.3) is 0 Å². The average Bonchev–Trinajstić information content (AvgIpc) is 3.44. The number of halogens is 2. The maximum absolute atomic E-state index is 14.0. The van der Waals surface area contributed by atoms with E-state index < -0.39 is 5.82 Å². The molecular formula is C23H22ClFN2O4. The van der Waals surface area contributed by atoms with Crippen LogP contribution in [0.5, 0.6) is 11.5 Å². The zero-order chi connectivity index (χ0) is 21.5. The molecule has 0 bridgehead atoms. The van der Waals surface area contributed by atoms with Gasteiger partial charge in [0.05, 0.1) is 6.42 Å². The summed E-state index contributed by atoms with van der Waals surface area (Å²) in [5.41, 5.74) is 1.32. The Morgan fingerprint density at radius 3 is 2.55 bits per heavy atom. The van der Waals surface area contributed by atoms with Crippen molar-refractivity contribution in [2.45, 2.75) is 18.8 Å². The Balaban J connectivity index is 1.15. The highest BCUT2D eigenvalue weighted by Crippen LogP contribution is 2.50. The molecule has 1 aliphatic carbocycles. The lowest BCUT2D eigenvalue weighted by molar-refractivity contribution is -0.140. The first-order valence-corrected chi connectivity index (χ1v) is 10.8. The van der Waals surface area contributed by atoms with E-state index in [9.17, 15) is 14.0 Å². The standard InChI is InChI=1S/C23H22ClFN2O4/c24-18-2-1-3-19(25)17(18)12-22(28)26-6-8-27(9-7-26)23(29)16-11-15(16)14-4-5-20-21(10-14)31-13-30-20/h1-5,10,15-16H,6-9,11-13H2. The molecule has 2 amide bonds. The van der Waals surface area contributed by atoms with Crippen molar-refractivity contribution < 1.29 is 23.5 Å². The van der Waals surface area contributed by atoms with Gasteiger partial charge in [-0.15, -0.1) is 0 Å². The number of carbonyl (C=O) groups excluding carboxylic acids is 2. The number of benzene rings is 2. The van der Waals surface area contributed by atoms with Crippen LogP contribution in [0.15, 0.2) is 36.4 Å². The van der Waals surface area contributed by atoms with Gasteiger partial charge < -0.3 is 19.3 Å². The summed E-state index contributed by atoms with van der Waals surface area (Å²) >= 11 is 6.04. The second-order valence-electron chi connectivity index (χ2n) is 8.14. The van der Waals surface area contributed by atoms with Gasteiger partial charge in [-0.1, -0.05) is 23.7 Å². The molecule has 3 aliphatic rings. The first-order chi connectivity index (χ1) is 15.0. The third-order valence-corrected chi connectivity index (χ3v) is 6.62. The van der Waals surface area contributed by atoms with Crippen LogP contribution >= 0.6 is 11.6 Å². The van der Waals surface area contributed by atoms with Gasteiger partial charge in [-0.2, -0.15) is 0 Å². The van der Waals surface area contributed by atoms with E-state index in [0.29, 0.717) is 26.2 Å². The van der Waals surface area contributed by atoms with Crippen LogP contribution < -0.4 is 9.47 Å². The molecule has 1 saturated heterocycles. The largest absolute Gasteiger partial charge is 0.454 e. The second-order valence-corrected chi connectivity index (χ2v) is 8.55. The molecule has 2 atom stereocenters. The van der Waals surface area contributed by atoms with Gasteiger partial charge in [0.1, 0.15) is 5.82 Å². The number of fused-ring (bicyclic) bond motifs is 1. The Labute approximate surface area is 184 Å². The van der Waals surface area contributed by atoms with Crippen molar-refractivity contribution in [1.82, 2.24) is 9.80 Å². The Bertz CT molecular complexity index is 1020. The predicted molar refractivity (Wildman–Crippen MR) is 112 cm³/mol. The van der Waals surface area contributed by atoms with Crippen molar-refractivity contribution in [3.8, 4) is 11.5 Å². The number of rotatable bonds is 4. The predicted octanol–water partition coefficient (Wildman–Crippen LogP) is 3.22. The van der Waals surface area contributed by atoms with Gasteiger partial charge in [0, 0.05) is 42.7 Å². The molecule has 162 valence electrons. The summed E-state index contributed by atoms with van der Waals surface area (Å²) in [6.45, 7) is 2.09. The van der Waals surface area contributed by atoms with Crippen LogP contribution in [-0.2, 0) is 16.0 Å². The molecule has 6 nitrogen and oxygen atoms in total. The SMILES string of the molecule is O=C(Cc1c(F)cccc1Cl)N1CCN(C(=O)C2CC2c2ccc3c(c2)OCO3)CC1. The number of hydrogen-bond donors (Lipinski definition) is 0. The zero-order valence-electron chi connectivity index (χ0n) is 16.9. The molecule has 0 N–H and O–H groups in total. The quantitative estimate of drug-likeness (QED) is 0.726. The van der Waals surface area contributed by atoms with Crippen LogP contribution in [0.1, 0.15) is 23.5 Å². The molecule has 2 aromatic carbocycles. The molecule has 1 saturated carbocycles. The highest BCUT2D eigenvalue weighted by Gasteiger charge is 2.46. The number of ether oxygens (including phenoxy) is 2. The minimum atomic E-state index is -0.474. The van der Waals surface area contributed by atoms with Gasteiger partial charge >= 0.3 is 0 Å². The molecule has 2 unspecified atom stereocenters. The Hall–Kier alpha value is -2.80. The molecule has 2 heterocycles. The van der Waals surface area contributed by atoms with Gasteiger partial charge in [-0.25, -0.2) is 4.39 Å². The van der Waals surface area contributed by atoms with Crippen molar-refractivity contribution in [2.75, 3.05) is 33.0 Å². The summed E-state index contributed by atoms with van der Waals surface area (Å²) < 4.78 is 24.7. The number of hydrogen-bond acceptors (Lipinski definition) is 4. The van der Waals surface area contributed by atoms with E-state index in [1.54, 1.807) is 11.0 Å². The van der Waals surface area contributed by atoms with E-state index >= 15 is 0 Å². The van der Waals surface area contributed by atoms with Crippen molar-refractivity contribution >= 4 is 23.4 Å². The van der Waals surface area contributed by atoms with Crippen LogP contribution in [0, 0.1) is 11.7 Å². The van der Waals surface area contributed by atoms with E-state index in [0.717, 1.165) is 23.5 Å². The minimum absolute atomic E-state index is 0.0279. The van der Waals surface area contributed by atoms with E-state index in [1.807, 2.05) is 23.1 Å². The zero-order valence-corrected chi connectivity index (χ0v) is 17.6.